The molecule has 0 saturated carbocycles. The predicted molar refractivity (Wildman–Crippen MR) is 89.5 cm³/mol. The van der Waals surface area contributed by atoms with Crippen LogP contribution in [0.2, 0.25) is 0 Å². The predicted octanol–water partition coefficient (Wildman–Crippen LogP) is 3.62. The molecule has 0 fully saturated rings. The molecule has 3 heterocycles. The summed E-state index contributed by atoms with van der Waals surface area (Å²) in [6.45, 7) is 2.15. The van der Waals surface area contributed by atoms with Gasteiger partial charge in [0.05, 0.1) is 41.8 Å². The zero-order valence-corrected chi connectivity index (χ0v) is 12.9. The van der Waals surface area contributed by atoms with Crippen molar-refractivity contribution in [2.75, 3.05) is 0 Å². The van der Waals surface area contributed by atoms with Gasteiger partial charge in [-0.05, 0) is 18.6 Å². The van der Waals surface area contributed by atoms with Crippen molar-refractivity contribution in [1.82, 2.24) is 24.1 Å². The Labute approximate surface area is 134 Å². The number of nitrogens with zero attached hydrogens (tertiary/aromatic N) is 5. The molecule has 5 heteroatoms. The largest absolute Gasteiger partial charge is 0.328 e. The molecule has 0 aliphatic heterocycles. The highest BCUT2D eigenvalue weighted by Crippen LogP contribution is 2.22. The van der Waals surface area contributed by atoms with Crippen molar-refractivity contribution in [1.29, 1.82) is 0 Å². The fraction of sp³-hybridized carbons (Fsp3) is 0.167. The maximum absolute atomic E-state index is 4.59. The molecule has 0 bridgehead atoms. The summed E-state index contributed by atoms with van der Waals surface area (Å²) >= 11 is 0. The summed E-state index contributed by atoms with van der Waals surface area (Å²) in [5.74, 6) is 0. The summed E-state index contributed by atoms with van der Waals surface area (Å²) in [6.07, 6.45) is 12.4. The van der Waals surface area contributed by atoms with Crippen LogP contribution in [0.5, 0.6) is 0 Å². The van der Waals surface area contributed by atoms with Gasteiger partial charge in [-0.25, -0.2) is 9.97 Å². The third-order valence-electron chi connectivity index (χ3n) is 4.09. The smallest absolute Gasteiger partial charge is 0.0996 e. The molecule has 1 aromatic carbocycles. The second-order valence-corrected chi connectivity index (χ2v) is 5.53. The van der Waals surface area contributed by atoms with Gasteiger partial charge in [0.1, 0.15) is 0 Å². The van der Waals surface area contributed by atoms with Gasteiger partial charge in [-0.15, -0.1) is 0 Å². The number of imidazole rings is 2. The fourth-order valence-electron chi connectivity index (χ4n) is 2.88. The van der Waals surface area contributed by atoms with Crippen LogP contribution < -0.4 is 0 Å². The van der Waals surface area contributed by atoms with Crippen molar-refractivity contribution < 1.29 is 0 Å². The average molecular weight is 303 g/mol. The molecular weight excluding hydrogens is 286 g/mol. The van der Waals surface area contributed by atoms with E-state index in [1.54, 1.807) is 6.20 Å². The second-order valence-electron chi connectivity index (χ2n) is 5.53. The minimum atomic E-state index is 0.201. The van der Waals surface area contributed by atoms with E-state index in [0.29, 0.717) is 0 Å². The van der Waals surface area contributed by atoms with Crippen LogP contribution in [0.15, 0.2) is 67.8 Å². The Morgan fingerprint density at radius 1 is 1.13 bits per heavy atom. The van der Waals surface area contributed by atoms with Gasteiger partial charge in [-0.2, -0.15) is 0 Å². The van der Waals surface area contributed by atoms with Crippen LogP contribution in [0, 0.1) is 0 Å². The first-order valence-corrected chi connectivity index (χ1v) is 7.71. The summed E-state index contributed by atoms with van der Waals surface area (Å²) in [4.78, 5) is 13.2. The molecular formula is C18H17N5. The van der Waals surface area contributed by atoms with E-state index in [1.165, 1.54) is 0 Å². The van der Waals surface area contributed by atoms with Crippen molar-refractivity contribution >= 4 is 10.9 Å². The Morgan fingerprint density at radius 3 is 2.87 bits per heavy atom. The molecule has 1 atom stereocenters. The highest BCUT2D eigenvalue weighted by Gasteiger charge is 2.14. The van der Waals surface area contributed by atoms with E-state index in [0.717, 1.165) is 28.7 Å². The van der Waals surface area contributed by atoms with Crippen LogP contribution >= 0.6 is 0 Å². The number of pyridine rings is 1. The SMILES string of the molecule is CCC(c1cn(-c2cnc3ccccc3c2)cn1)n1ccnc1. The maximum Gasteiger partial charge on any atom is 0.0996 e. The van der Waals surface area contributed by atoms with E-state index in [2.05, 4.69) is 44.8 Å². The molecule has 114 valence electrons. The maximum atomic E-state index is 4.59. The first-order chi connectivity index (χ1) is 11.3. The van der Waals surface area contributed by atoms with E-state index < -0.39 is 0 Å². The number of hydrogen-bond donors (Lipinski definition) is 0. The van der Waals surface area contributed by atoms with Crippen LogP contribution in [0.25, 0.3) is 16.6 Å². The number of rotatable bonds is 4. The van der Waals surface area contributed by atoms with E-state index in [1.807, 2.05) is 47.8 Å². The van der Waals surface area contributed by atoms with Crippen LogP contribution in [0.1, 0.15) is 25.1 Å². The van der Waals surface area contributed by atoms with Crippen LogP contribution in [0.4, 0.5) is 0 Å². The summed E-state index contributed by atoms with van der Waals surface area (Å²) in [5, 5.41) is 1.13. The third-order valence-corrected chi connectivity index (χ3v) is 4.09. The number of aromatic nitrogens is 5. The zero-order valence-electron chi connectivity index (χ0n) is 12.9. The number of para-hydroxylation sites is 1. The molecule has 23 heavy (non-hydrogen) atoms. The molecule has 0 N–H and O–H groups in total. The first-order valence-electron chi connectivity index (χ1n) is 7.71. The molecule has 0 radical (unpaired) electrons. The molecule has 0 aliphatic rings. The van der Waals surface area contributed by atoms with Gasteiger partial charge in [0, 0.05) is 24.0 Å². The lowest BCUT2D eigenvalue weighted by atomic mass is 10.1. The molecule has 1 unspecified atom stereocenters. The van der Waals surface area contributed by atoms with E-state index >= 15 is 0 Å². The van der Waals surface area contributed by atoms with Crippen molar-refractivity contribution in [3.05, 3.63) is 73.5 Å². The normalized spacial score (nSPS) is 12.6. The third kappa shape index (κ3) is 2.50. The van der Waals surface area contributed by atoms with Gasteiger partial charge in [0.15, 0.2) is 0 Å². The van der Waals surface area contributed by atoms with Crippen LogP contribution in [-0.4, -0.2) is 24.1 Å². The Kier molecular flexibility index (Phi) is 3.38. The standard InChI is InChI=1S/C18H17N5/c1-2-18(22-8-7-19-12-22)17-11-23(13-21-17)15-9-14-5-3-4-6-16(14)20-10-15/h3-13,18H,2H2,1H3. The topological polar surface area (TPSA) is 48.5 Å². The Balaban J connectivity index is 1.71. The summed E-state index contributed by atoms with van der Waals surface area (Å²) in [5.41, 5.74) is 3.04. The van der Waals surface area contributed by atoms with E-state index in [9.17, 15) is 0 Å². The lowest BCUT2D eigenvalue weighted by Crippen LogP contribution is -2.07. The lowest BCUT2D eigenvalue weighted by Gasteiger charge is -2.13. The molecule has 0 spiro atoms. The highest BCUT2D eigenvalue weighted by molar-refractivity contribution is 5.80. The summed E-state index contributed by atoms with van der Waals surface area (Å²) in [6, 6.07) is 10.5. The molecule has 4 rings (SSSR count). The first kappa shape index (κ1) is 13.7. The lowest BCUT2D eigenvalue weighted by molar-refractivity contribution is 0.553. The van der Waals surface area contributed by atoms with E-state index in [-0.39, 0.29) is 6.04 Å². The molecule has 5 nitrogen and oxygen atoms in total. The van der Waals surface area contributed by atoms with Gasteiger partial charge >= 0.3 is 0 Å². The van der Waals surface area contributed by atoms with Gasteiger partial charge in [0.25, 0.3) is 0 Å². The fourth-order valence-corrected chi connectivity index (χ4v) is 2.88. The average Bonchev–Trinajstić information content (AvgIpc) is 3.28. The monoisotopic (exact) mass is 303 g/mol. The van der Waals surface area contributed by atoms with Crippen LogP contribution in [-0.2, 0) is 0 Å². The molecule has 0 saturated heterocycles. The van der Waals surface area contributed by atoms with Gasteiger partial charge in [0.2, 0.25) is 0 Å². The minimum Gasteiger partial charge on any atom is -0.328 e. The highest BCUT2D eigenvalue weighted by atomic mass is 15.1. The quantitative estimate of drug-likeness (QED) is 0.578. The molecule has 0 amide bonds. The van der Waals surface area contributed by atoms with Crippen molar-refractivity contribution in [3.8, 4) is 5.69 Å². The van der Waals surface area contributed by atoms with Crippen molar-refractivity contribution in [2.45, 2.75) is 19.4 Å². The minimum absolute atomic E-state index is 0.201. The van der Waals surface area contributed by atoms with Crippen molar-refractivity contribution in [3.63, 3.8) is 0 Å². The molecule has 4 aromatic rings. The summed E-state index contributed by atoms with van der Waals surface area (Å²) < 4.78 is 4.11. The Bertz CT molecular complexity index is 923. The van der Waals surface area contributed by atoms with E-state index in [4.69, 9.17) is 0 Å². The Hall–Kier alpha value is -2.95. The summed E-state index contributed by atoms with van der Waals surface area (Å²) in [7, 11) is 0. The second kappa shape index (κ2) is 5.68. The number of hydrogen-bond acceptors (Lipinski definition) is 3. The van der Waals surface area contributed by atoms with Gasteiger partial charge < -0.3 is 9.13 Å². The Morgan fingerprint density at radius 2 is 2.04 bits per heavy atom. The van der Waals surface area contributed by atoms with Gasteiger partial charge in [-0.1, -0.05) is 25.1 Å². The number of fused-ring (bicyclic) bond motifs is 1. The number of benzene rings is 1. The van der Waals surface area contributed by atoms with Gasteiger partial charge in [-0.3, -0.25) is 4.98 Å². The van der Waals surface area contributed by atoms with Crippen molar-refractivity contribution in [2.24, 2.45) is 0 Å². The van der Waals surface area contributed by atoms with Crippen LogP contribution in [0.3, 0.4) is 0 Å². The zero-order chi connectivity index (χ0) is 15.6. The molecule has 0 aliphatic carbocycles. The molecule has 3 aromatic heterocycles.